The molecule has 1 fully saturated rings. The third-order valence-corrected chi connectivity index (χ3v) is 4.52. The largest absolute Gasteiger partial charge is 0.497 e. The minimum Gasteiger partial charge on any atom is -0.497 e. The van der Waals surface area contributed by atoms with Gasteiger partial charge in [0.2, 0.25) is 0 Å². The fourth-order valence-corrected chi connectivity index (χ4v) is 3.15. The molecule has 0 radical (unpaired) electrons. The van der Waals surface area contributed by atoms with Crippen LogP contribution in [0.5, 0.6) is 5.75 Å². The lowest BCUT2D eigenvalue weighted by Crippen LogP contribution is -2.37. The Morgan fingerprint density at radius 3 is 2.70 bits per heavy atom. The van der Waals surface area contributed by atoms with E-state index in [1.54, 1.807) is 7.11 Å². The lowest BCUT2D eigenvalue weighted by Gasteiger charge is -2.33. The quantitative estimate of drug-likeness (QED) is 0.586. The lowest BCUT2D eigenvalue weighted by atomic mass is 9.96. The normalized spacial score (nSPS) is 16.1. The number of hydrogen-bond donors (Lipinski definition) is 0. The van der Waals surface area contributed by atoms with Crippen LogP contribution in [0.1, 0.15) is 19.8 Å². The average molecular weight is 389 g/mol. The van der Waals surface area contributed by atoms with E-state index >= 15 is 0 Å². The maximum Gasteiger partial charge on any atom is 0.309 e. The highest BCUT2D eigenvalue weighted by Gasteiger charge is 2.26. The van der Waals surface area contributed by atoms with Crippen molar-refractivity contribution in [2.24, 2.45) is 5.92 Å². The zero-order valence-electron chi connectivity index (χ0n) is 11.9. The molecule has 5 heteroatoms. The number of anilines is 1. The van der Waals surface area contributed by atoms with Crippen LogP contribution in [0.25, 0.3) is 0 Å². The summed E-state index contributed by atoms with van der Waals surface area (Å²) in [6.07, 6.45) is 1.71. The fourth-order valence-electron chi connectivity index (χ4n) is 2.48. The predicted molar refractivity (Wildman–Crippen MR) is 87.3 cm³/mol. The monoisotopic (exact) mass is 389 g/mol. The van der Waals surface area contributed by atoms with Crippen LogP contribution in [-0.2, 0) is 9.53 Å². The van der Waals surface area contributed by atoms with E-state index < -0.39 is 0 Å². The summed E-state index contributed by atoms with van der Waals surface area (Å²) in [5.74, 6) is 0.870. The number of hydrogen-bond acceptors (Lipinski definition) is 4. The molecule has 1 aliphatic rings. The van der Waals surface area contributed by atoms with E-state index in [9.17, 15) is 4.79 Å². The van der Waals surface area contributed by atoms with E-state index in [2.05, 4.69) is 39.6 Å². The average Bonchev–Trinajstić information content (AvgIpc) is 2.48. The predicted octanol–water partition coefficient (Wildman–Crippen LogP) is 3.08. The van der Waals surface area contributed by atoms with E-state index in [1.165, 1.54) is 9.26 Å². The Hall–Kier alpha value is -0.980. The van der Waals surface area contributed by atoms with Gasteiger partial charge in [-0.3, -0.25) is 4.79 Å². The molecule has 0 unspecified atom stereocenters. The van der Waals surface area contributed by atoms with Gasteiger partial charge in [0.1, 0.15) is 5.75 Å². The third kappa shape index (κ3) is 3.56. The highest BCUT2D eigenvalue weighted by molar-refractivity contribution is 14.1. The van der Waals surface area contributed by atoms with Crippen molar-refractivity contribution in [1.82, 2.24) is 0 Å². The topological polar surface area (TPSA) is 38.8 Å². The maximum absolute atomic E-state index is 11.7. The zero-order valence-corrected chi connectivity index (χ0v) is 14.1. The first kappa shape index (κ1) is 15.4. The van der Waals surface area contributed by atoms with Crippen LogP contribution in [0.15, 0.2) is 18.2 Å². The second-order valence-electron chi connectivity index (χ2n) is 4.83. The van der Waals surface area contributed by atoms with E-state index in [4.69, 9.17) is 9.47 Å². The van der Waals surface area contributed by atoms with Gasteiger partial charge in [-0.05, 0) is 54.5 Å². The summed E-state index contributed by atoms with van der Waals surface area (Å²) in [5.41, 5.74) is 1.19. The molecule has 20 heavy (non-hydrogen) atoms. The van der Waals surface area contributed by atoms with Gasteiger partial charge < -0.3 is 14.4 Å². The molecule has 0 bridgehead atoms. The zero-order chi connectivity index (χ0) is 14.5. The molecule has 0 N–H and O–H groups in total. The Bertz CT molecular complexity index is 470. The van der Waals surface area contributed by atoms with Crippen molar-refractivity contribution in [3.63, 3.8) is 0 Å². The Kier molecular flexibility index (Phi) is 5.51. The molecular formula is C15H20INO3. The first-order valence-corrected chi connectivity index (χ1v) is 7.98. The number of carbonyl (C=O) groups is 1. The Morgan fingerprint density at radius 2 is 2.10 bits per heavy atom. The molecule has 0 aromatic heterocycles. The summed E-state index contributed by atoms with van der Waals surface area (Å²) in [4.78, 5) is 14.1. The standard InChI is InChI=1S/C15H20INO3/c1-3-20-15(18)11-6-8-17(9-7-11)14-10-12(19-2)4-5-13(14)16/h4-5,10-11H,3,6-9H2,1-2H3. The fraction of sp³-hybridized carbons (Fsp3) is 0.533. The number of carbonyl (C=O) groups excluding carboxylic acids is 1. The minimum absolute atomic E-state index is 0.0486. The van der Waals surface area contributed by atoms with Crippen LogP contribution in [0, 0.1) is 9.49 Å². The molecule has 0 amide bonds. The molecule has 1 aliphatic heterocycles. The number of halogens is 1. The highest BCUT2D eigenvalue weighted by atomic mass is 127. The van der Waals surface area contributed by atoms with Crippen LogP contribution < -0.4 is 9.64 Å². The first-order valence-electron chi connectivity index (χ1n) is 6.90. The van der Waals surface area contributed by atoms with Crippen LogP contribution in [0.2, 0.25) is 0 Å². The molecule has 0 atom stereocenters. The number of nitrogens with zero attached hydrogens (tertiary/aromatic N) is 1. The van der Waals surface area contributed by atoms with Crippen molar-refractivity contribution in [2.45, 2.75) is 19.8 Å². The smallest absolute Gasteiger partial charge is 0.309 e. The first-order chi connectivity index (χ1) is 9.65. The number of esters is 1. The van der Waals surface area contributed by atoms with Crippen molar-refractivity contribution < 1.29 is 14.3 Å². The summed E-state index contributed by atoms with van der Waals surface area (Å²) in [7, 11) is 1.68. The molecule has 0 aliphatic carbocycles. The van der Waals surface area contributed by atoms with Crippen molar-refractivity contribution >= 4 is 34.2 Å². The summed E-state index contributed by atoms with van der Waals surface area (Å²) >= 11 is 2.34. The van der Waals surface area contributed by atoms with E-state index in [1.807, 2.05) is 13.0 Å². The van der Waals surface area contributed by atoms with Gasteiger partial charge >= 0.3 is 5.97 Å². The number of methoxy groups -OCH3 is 1. The third-order valence-electron chi connectivity index (χ3n) is 3.61. The van der Waals surface area contributed by atoms with E-state index in [-0.39, 0.29) is 11.9 Å². The van der Waals surface area contributed by atoms with Gasteiger partial charge in [0.05, 0.1) is 25.3 Å². The Labute approximate surface area is 133 Å². The second-order valence-corrected chi connectivity index (χ2v) is 5.99. The van der Waals surface area contributed by atoms with Crippen molar-refractivity contribution in [3.05, 3.63) is 21.8 Å². The minimum atomic E-state index is -0.0486. The molecule has 110 valence electrons. The second kappa shape index (κ2) is 7.15. The van der Waals surface area contributed by atoms with Crippen molar-refractivity contribution in [2.75, 3.05) is 31.7 Å². The molecule has 0 saturated carbocycles. The van der Waals surface area contributed by atoms with Gasteiger partial charge in [0.15, 0.2) is 0 Å². The lowest BCUT2D eigenvalue weighted by molar-refractivity contribution is -0.148. The molecular weight excluding hydrogens is 369 g/mol. The molecule has 1 saturated heterocycles. The Morgan fingerprint density at radius 1 is 1.40 bits per heavy atom. The summed E-state index contributed by atoms with van der Waals surface area (Å²) in [6.45, 7) is 4.08. The SMILES string of the molecule is CCOC(=O)C1CCN(c2cc(OC)ccc2I)CC1. The van der Waals surface area contributed by atoms with Crippen LogP contribution in [0.3, 0.4) is 0 Å². The van der Waals surface area contributed by atoms with Crippen molar-refractivity contribution in [1.29, 1.82) is 0 Å². The molecule has 4 nitrogen and oxygen atoms in total. The molecule has 1 aromatic carbocycles. The maximum atomic E-state index is 11.7. The molecule has 1 aromatic rings. The van der Waals surface area contributed by atoms with Gasteiger partial charge in [-0.2, -0.15) is 0 Å². The van der Waals surface area contributed by atoms with E-state index in [0.29, 0.717) is 6.61 Å². The Balaban J connectivity index is 2.02. The summed E-state index contributed by atoms with van der Waals surface area (Å²) in [5, 5.41) is 0. The van der Waals surface area contributed by atoms with Gasteiger partial charge in [-0.25, -0.2) is 0 Å². The number of piperidine rings is 1. The van der Waals surface area contributed by atoms with Gasteiger partial charge in [0.25, 0.3) is 0 Å². The number of ether oxygens (including phenoxy) is 2. The molecule has 0 spiro atoms. The van der Waals surface area contributed by atoms with Crippen LogP contribution in [0.4, 0.5) is 5.69 Å². The van der Waals surface area contributed by atoms with Gasteiger partial charge in [0, 0.05) is 22.7 Å². The van der Waals surface area contributed by atoms with Gasteiger partial charge in [-0.1, -0.05) is 0 Å². The highest BCUT2D eigenvalue weighted by Crippen LogP contribution is 2.31. The molecule has 1 heterocycles. The van der Waals surface area contributed by atoms with Gasteiger partial charge in [-0.15, -0.1) is 0 Å². The van der Waals surface area contributed by atoms with E-state index in [0.717, 1.165) is 31.7 Å². The number of rotatable bonds is 4. The molecule has 2 rings (SSSR count). The summed E-state index contributed by atoms with van der Waals surface area (Å²) in [6, 6.07) is 6.09. The van der Waals surface area contributed by atoms with Crippen LogP contribution >= 0.6 is 22.6 Å². The summed E-state index contributed by atoms with van der Waals surface area (Å²) < 4.78 is 11.6. The number of benzene rings is 1. The van der Waals surface area contributed by atoms with Crippen LogP contribution in [-0.4, -0.2) is 32.8 Å². The van der Waals surface area contributed by atoms with Crippen molar-refractivity contribution in [3.8, 4) is 5.75 Å².